The van der Waals surface area contributed by atoms with Gasteiger partial charge < -0.3 is 25.8 Å². The van der Waals surface area contributed by atoms with E-state index >= 15 is 0 Å². The fraction of sp³-hybridized carbons (Fsp3) is 0.226. The lowest BCUT2D eigenvalue weighted by atomic mass is 10.1. The van der Waals surface area contributed by atoms with Gasteiger partial charge in [0.2, 0.25) is 5.95 Å². The Kier molecular flexibility index (Phi) is 11.8. The maximum absolute atomic E-state index is 12.8. The molecule has 0 bridgehead atoms. The molecule has 2 aromatic heterocycles. The van der Waals surface area contributed by atoms with Gasteiger partial charge in [-0.25, -0.2) is 14.8 Å². The summed E-state index contributed by atoms with van der Waals surface area (Å²) in [6, 6.07) is 16.1. The molecule has 5 N–H and O–H groups in total. The van der Waals surface area contributed by atoms with Crippen LogP contribution in [0, 0.1) is 12.3 Å². The molecule has 4 aromatic rings. The topological polar surface area (TPSA) is 181 Å². The zero-order valence-corrected chi connectivity index (χ0v) is 25.6. The van der Waals surface area contributed by atoms with Gasteiger partial charge in [0, 0.05) is 36.2 Å². The van der Waals surface area contributed by atoms with E-state index in [0.29, 0.717) is 28.9 Å². The number of hydrogen-bond donors (Lipinski definition) is 4. The third-order valence-electron chi connectivity index (χ3n) is 6.39. The van der Waals surface area contributed by atoms with Gasteiger partial charge in [0.25, 0.3) is 11.5 Å². The number of carboxylic acid groups (broad SMARTS) is 1. The van der Waals surface area contributed by atoms with Crippen molar-refractivity contribution in [2.24, 2.45) is 0 Å². The van der Waals surface area contributed by atoms with Gasteiger partial charge in [0.15, 0.2) is 0 Å². The van der Waals surface area contributed by atoms with Crippen molar-refractivity contribution in [1.29, 1.82) is 0 Å². The van der Waals surface area contributed by atoms with Crippen molar-refractivity contribution in [2.45, 2.75) is 30.5 Å². The van der Waals surface area contributed by atoms with Crippen molar-refractivity contribution in [3.8, 4) is 12.3 Å². The van der Waals surface area contributed by atoms with E-state index in [1.807, 2.05) is 29.2 Å². The lowest BCUT2D eigenvalue weighted by Gasteiger charge is -2.23. The molecule has 0 unspecified atom stereocenters. The molecule has 0 saturated heterocycles. The van der Waals surface area contributed by atoms with Crippen LogP contribution in [0.3, 0.4) is 0 Å². The number of nitrogens with one attached hydrogen (secondary N) is 2. The molecule has 0 saturated carbocycles. The first kappa shape index (κ1) is 32.9. The number of anilines is 2. The molecule has 45 heavy (non-hydrogen) atoms. The van der Waals surface area contributed by atoms with E-state index < -0.39 is 23.9 Å². The molecule has 0 radical (unpaired) electrons. The Bertz CT molecular complexity index is 1740. The van der Waals surface area contributed by atoms with Crippen molar-refractivity contribution < 1.29 is 24.2 Å². The van der Waals surface area contributed by atoms with E-state index in [1.165, 1.54) is 21.6 Å². The van der Waals surface area contributed by atoms with Crippen LogP contribution in [0.4, 0.5) is 11.6 Å². The summed E-state index contributed by atoms with van der Waals surface area (Å²) in [6.07, 6.45) is 7.00. The molecule has 2 heterocycles. The normalized spacial score (nSPS) is 11.4. The summed E-state index contributed by atoms with van der Waals surface area (Å²) in [4.78, 5) is 61.8. The molecule has 1 atom stereocenters. The van der Waals surface area contributed by atoms with Gasteiger partial charge in [-0.2, -0.15) is 0 Å². The highest BCUT2D eigenvalue weighted by Crippen LogP contribution is 2.28. The largest absolute Gasteiger partial charge is 0.480 e. The van der Waals surface area contributed by atoms with Gasteiger partial charge in [0.1, 0.15) is 17.7 Å². The minimum Gasteiger partial charge on any atom is -0.480 e. The number of nitrogens with two attached hydrogens (primary N) is 1. The molecule has 4 rings (SSSR count). The molecule has 1 amide bonds. The van der Waals surface area contributed by atoms with Crippen LogP contribution in [0.2, 0.25) is 0 Å². The number of benzene rings is 2. The standard InChI is InChI=1S/C31H30N6O6S2/c1-2-15-37(19-20-6-11-24-23(18-20)29(40)36-31(32)35-24)22-9-7-21(8-10-22)28(39)34-25(30(41)42)12-13-27(38)43-16-17-44-45-26-5-3-4-14-33-26/h1,3-11,14,18,25H,12-13,15-17,19H2,(H,34,39)(H,41,42)(H3,32,35,36,40)/t25-/m0/s1. The monoisotopic (exact) mass is 646 g/mol. The zero-order valence-electron chi connectivity index (χ0n) is 24.0. The fourth-order valence-electron chi connectivity index (χ4n) is 4.22. The number of ether oxygens (including phenoxy) is 1. The van der Waals surface area contributed by atoms with Gasteiger partial charge in [0.05, 0.1) is 17.4 Å². The number of carbonyl (C=O) groups is 3. The number of rotatable bonds is 15. The van der Waals surface area contributed by atoms with Crippen LogP contribution < -0.4 is 21.5 Å². The fourth-order valence-corrected chi connectivity index (χ4v) is 5.92. The second kappa shape index (κ2) is 16.2. The summed E-state index contributed by atoms with van der Waals surface area (Å²) in [5.74, 6) is 0.770. The number of amides is 1. The van der Waals surface area contributed by atoms with Gasteiger partial charge in [-0.05, 0) is 71.3 Å². The van der Waals surface area contributed by atoms with Crippen molar-refractivity contribution in [3.63, 3.8) is 0 Å². The summed E-state index contributed by atoms with van der Waals surface area (Å²) >= 11 is 0. The molecule has 0 aliphatic carbocycles. The van der Waals surface area contributed by atoms with Crippen molar-refractivity contribution in [1.82, 2.24) is 20.3 Å². The highest BCUT2D eigenvalue weighted by atomic mass is 33.1. The lowest BCUT2D eigenvalue weighted by Crippen LogP contribution is -2.41. The Morgan fingerprint density at radius 1 is 1.16 bits per heavy atom. The number of fused-ring (bicyclic) bond motifs is 1. The maximum Gasteiger partial charge on any atom is 0.326 e. The van der Waals surface area contributed by atoms with E-state index in [1.54, 1.807) is 42.6 Å². The second-order valence-electron chi connectivity index (χ2n) is 9.61. The summed E-state index contributed by atoms with van der Waals surface area (Å²) in [7, 11) is 2.95. The third-order valence-corrected chi connectivity index (χ3v) is 8.62. The Morgan fingerprint density at radius 3 is 2.67 bits per heavy atom. The Balaban J connectivity index is 1.29. The van der Waals surface area contributed by atoms with Crippen molar-refractivity contribution in [3.05, 3.63) is 88.3 Å². The molecule has 12 nitrogen and oxygen atoms in total. The van der Waals surface area contributed by atoms with Crippen LogP contribution in [-0.2, 0) is 20.9 Å². The Morgan fingerprint density at radius 2 is 1.96 bits per heavy atom. The molecule has 232 valence electrons. The first-order chi connectivity index (χ1) is 21.7. The molecule has 14 heteroatoms. The van der Waals surface area contributed by atoms with E-state index in [0.717, 1.165) is 10.6 Å². The number of nitrogen functional groups attached to an aromatic ring is 1. The lowest BCUT2D eigenvalue weighted by molar-refractivity contribution is -0.144. The highest BCUT2D eigenvalue weighted by molar-refractivity contribution is 8.76. The molecule has 0 fully saturated rings. The molecule has 0 aliphatic heterocycles. The number of H-pyrrole nitrogens is 1. The molecule has 0 aliphatic rings. The van der Waals surface area contributed by atoms with Gasteiger partial charge in [-0.1, -0.05) is 28.8 Å². The number of nitrogens with zero attached hydrogens (tertiary/aromatic N) is 3. The predicted octanol–water partition coefficient (Wildman–Crippen LogP) is 3.49. The van der Waals surface area contributed by atoms with Crippen LogP contribution >= 0.6 is 21.6 Å². The van der Waals surface area contributed by atoms with Gasteiger partial charge in [-0.3, -0.25) is 19.4 Å². The average molecular weight is 647 g/mol. The Hall–Kier alpha value is -5.00. The molecular weight excluding hydrogens is 617 g/mol. The number of pyridine rings is 1. The van der Waals surface area contributed by atoms with E-state index in [9.17, 15) is 24.3 Å². The van der Waals surface area contributed by atoms with Crippen molar-refractivity contribution >= 4 is 62.0 Å². The van der Waals surface area contributed by atoms with Crippen LogP contribution in [-0.4, -0.2) is 62.9 Å². The first-order valence-corrected chi connectivity index (χ1v) is 16.0. The van der Waals surface area contributed by atoms with Gasteiger partial charge >= 0.3 is 11.9 Å². The quantitative estimate of drug-likeness (QED) is 0.0640. The van der Waals surface area contributed by atoms with Crippen molar-refractivity contribution in [2.75, 3.05) is 29.5 Å². The molecule has 0 spiro atoms. The van der Waals surface area contributed by atoms with E-state index in [2.05, 4.69) is 26.2 Å². The highest BCUT2D eigenvalue weighted by Gasteiger charge is 2.22. The third kappa shape index (κ3) is 9.75. The van der Waals surface area contributed by atoms with Crippen LogP contribution in [0.15, 0.2) is 76.7 Å². The van der Waals surface area contributed by atoms with Gasteiger partial charge in [-0.15, -0.1) is 6.42 Å². The number of aromatic nitrogens is 3. The number of terminal acetylenes is 1. The van der Waals surface area contributed by atoms with E-state index in [-0.39, 0.29) is 43.1 Å². The number of esters is 1. The second-order valence-corrected chi connectivity index (χ2v) is 12.0. The number of carboxylic acids is 1. The molecular formula is C31H30N6O6S2. The summed E-state index contributed by atoms with van der Waals surface area (Å²) in [6.45, 7) is 0.787. The van der Waals surface area contributed by atoms with Crippen LogP contribution in [0.1, 0.15) is 28.8 Å². The number of carbonyl (C=O) groups excluding carboxylic acids is 2. The molecule has 2 aromatic carbocycles. The Labute approximate surface area is 266 Å². The summed E-state index contributed by atoms with van der Waals surface area (Å²) in [5.41, 5.74) is 7.50. The zero-order chi connectivity index (χ0) is 32.2. The first-order valence-electron chi connectivity index (χ1n) is 13.7. The summed E-state index contributed by atoms with van der Waals surface area (Å²) < 4.78 is 5.19. The van der Waals surface area contributed by atoms with Crippen LogP contribution in [0.5, 0.6) is 0 Å². The van der Waals surface area contributed by atoms with Crippen LogP contribution in [0.25, 0.3) is 10.9 Å². The number of aromatic amines is 1. The number of aliphatic carboxylic acids is 1. The predicted molar refractivity (Wildman–Crippen MR) is 175 cm³/mol. The minimum atomic E-state index is -1.28. The SMILES string of the molecule is C#CCN(Cc1ccc2nc(N)[nH]c(=O)c2c1)c1ccc(C(=O)N[C@@H](CCC(=O)OCCSSc2ccccn2)C(=O)O)cc1. The average Bonchev–Trinajstić information content (AvgIpc) is 3.03. The maximum atomic E-state index is 12.8. The van der Waals surface area contributed by atoms with E-state index in [4.69, 9.17) is 16.9 Å². The minimum absolute atomic E-state index is 0.0353. The number of hydrogen-bond acceptors (Lipinski definition) is 11. The smallest absolute Gasteiger partial charge is 0.326 e. The summed E-state index contributed by atoms with van der Waals surface area (Å²) in [5, 5.41) is 13.3.